The summed E-state index contributed by atoms with van der Waals surface area (Å²) in [5, 5.41) is 11.7. The lowest BCUT2D eigenvalue weighted by molar-refractivity contribution is -0.136. The van der Waals surface area contributed by atoms with Crippen LogP contribution in [0.4, 0.5) is 0 Å². The molecule has 0 aromatic heterocycles. The molecule has 3 amide bonds. The van der Waals surface area contributed by atoms with Crippen LogP contribution in [0, 0.1) is 22.7 Å². The standard InChI is InChI=1S/C27H34N4O4/c1-3-30(14-17-12-27(2,13-17)16-28)21-5-4-6-23(21)35-19-7-8-20-18(11-19)15-31(26(20)34)22-9-10-24(32)29-25(22)33/h7-8,11,17,21-23H,3-6,9-10,12-15H2,1-2H3,(H,29,32,33)/t17?,21-,22?,23-,27?/m0/s1. The quantitative estimate of drug-likeness (QED) is 0.605. The molecule has 1 N–H and O–H groups in total. The predicted octanol–water partition coefficient (Wildman–Crippen LogP) is 3.01. The zero-order chi connectivity index (χ0) is 24.7. The summed E-state index contributed by atoms with van der Waals surface area (Å²) in [6.45, 7) is 6.58. The van der Waals surface area contributed by atoms with Crippen LogP contribution in [0.5, 0.6) is 5.75 Å². The fourth-order valence-electron chi connectivity index (χ4n) is 6.53. The summed E-state index contributed by atoms with van der Waals surface area (Å²) in [6, 6.07) is 7.80. The topological polar surface area (TPSA) is 103 Å². The third kappa shape index (κ3) is 4.54. The fraction of sp³-hybridized carbons (Fsp3) is 0.630. The van der Waals surface area contributed by atoms with E-state index in [2.05, 4.69) is 30.1 Å². The lowest BCUT2D eigenvalue weighted by Crippen LogP contribution is -2.52. The van der Waals surface area contributed by atoms with Gasteiger partial charge in [0.1, 0.15) is 17.9 Å². The first-order valence-electron chi connectivity index (χ1n) is 12.9. The molecule has 5 rings (SSSR count). The molecule has 35 heavy (non-hydrogen) atoms. The van der Waals surface area contributed by atoms with Crippen molar-refractivity contribution in [3.8, 4) is 11.8 Å². The van der Waals surface area contributed by atoms with Crippen LogP contribution in [0.15, 0.2) is 18.2 Å². The molecule has 1 unspecified atom stereocenters. The number of nitriles is 1. The monoisotopic (exact) mass is 478 g/mol. The highest BCUT2D eigenvalue weighted by Crippen LogP contribution is 2.45. The molecular weight excluding hydrogens is 444 g/mol. The summed E-state index contributed by atoms with van der Waals surface area (Å²) in [5.41, 5.74) is 1.31. The van der Waals surface area contributed by atoms with Crippen LogP contribution in [0.2, 0.25) is 0 Å². The van der Waals surface area contributed by atoms with Gasteiger partial charge in [-0.1, -0.05) is 6.92 Å². The summed E-state index contributed by atoms with van der Waals surface area (Å²) in [5.74, 6) is 0.492. The van der Waals surface area contributed by atoms with Crippen LogP contribution >= 0.6 is 0 Å². The zero-order valence-corrected chi connectivity index (χ0v) is 20.6. The molecule has 0 bridgehead atoms. The Bertz CT molecular complexity index is 1070. The van der Waals surface area contributed by atoms with Crippen molar-refractivity contribution in [3.05, 3.63) is 29.3 Å². The predicted molar refractivity (Wildman–Crippen MR) is 128 cm³/mol. The van der Waals surface area contributed by atoms with E-state index >= 15 is 0 Å². The molecule has 3 fully saturated rings. The normalized spacial score (nSPS) is 32.3. The first-order valence-corrected chi connectivity index (χ1v) is 12.9. The van der Waals surface area contributed by atoms with Crippen LogP contribution in [0.1, 0.15) is 74.7 Å². The van der Waals surface area contributed by atoms with Crippen molar-refractivity contribution in [1.29, 1.82) is 5.26 Å². The maximum Gasteiger partial charge on any atom is 0.255 e. The maximum absolute atomic E-state index is 13.0. The number of hydrogen-bond donors (Lipinski definition) is 1. The van der Waals surface area contributed by atoms with Gasteiger partial charge in [-0.2, -0.15) is 5.26 Å². The number of carbonyl (C=O) groups is 3. The average Bonchev–Trinajstić information content (AvgIpc) is 3.40. The summed E-state index contributed by atoms with van der Waals surface area (Å²) in [4.78, 5) is 40.8. The molecule has 2 saturated carbocycles. The van der Waals surface area contributed by atoms with Gasteiger partial charge in [-0.3, -0.25) is 24.6 Å². The number of nitrogens with one attached hydrogen (secondary N) is 1. The molecule has 8 heteroatoms. The highest BCUT2D eigenvalue weighted by Gasteiger charge is 2.43. The Kier molecular flexibility index (Phi) is 6.30. The Morgan fingerprint density at radius 1 is 1.23 bits per heavy atom. The molecule has 2 aliphatic heterocycles. The van der Waals surface area contributed by atoms with Crippen molar-refractivity contribution in [3.63, 3.8) is 0 Å². The van der Waals surface area contributed by atoms with Gasteiger partial charge in [-0.05, 0) is 81.7 Å². The molecule has 1 aromatic rings. The fourth-order valence-corrected chi connectivity index (χ4v) is 6.53. The molecule has 186 valence electrons. The van der Waals surface area contributed by atoms with Gasteiger partial charge in [0.25, 0.3) is 5.91 Å². The van der Waals surface area contributed by atoms with Gasteiger partial charge < -0.3 is 9.64 Å². The van der Waals surface area contributed by atoms with Gasteiger partial charge >= 0.3 is 0 Å². The Labute approximate surface area is 206 Å². The minimum absolute atomic E-state index is 0.0961. The Balaban J connectivity index is 1.23. The van der Waals surface area contributed by atoms with E-state index in [4.69, 9.17) is 4.74 Å². The lowest BCUT2D eigenvalue weighted by Gasteiger charge is -2.44. The van der Waals surface area contributed by atoms with Crippen LogP contribution in [-0.2, 0) is 16.1 Å². The highest BCUT2D eigenvalue weighted by atomic mass is 16.5. The first kappa shape index (κ1) is 23.8. The van der Waals surface area contributed by atoms with E-state index < -0.39 is 11.9 Å². The molecule has 0 spiro atoms. The molecule has 2 heterocycles. The van der Waals surface area contributed by atoms with Gasteiger partial charge in [-0.15, -0.1) is 0 Å². The summed E-state index contributed by atoms with van der Waals surface area (Å²) < 4.78 is 6.49. The van der Waals surface area contributed by atoms with E-state index in [1.54, 1.807) is 11.0 Å². The van der Waals surface area contributed by atoms with Crippen LogP contribution < -0.4 is 10.1 Å². The van der Waals surface area contributed by atoms with Gasteiger partial charge in [0.2, 0.25) is 11.8 Å². The number of nitrogens with zero attached hydrogens (tertiary/aromatic N) is 3. The number of rotatable bonds is 7. The van der Waals surface area contributed by atoms with E-state index in [1.807, 2.05) is 12.1 Å². The summed E-state index contributed by atoms with van der Waals surface area (Å²) in [7, 11) is 0. The zero-order valence-electron chi connectivity index (χ0n) is 20.6. The van der Waals surface area contributed by atoms with Crippen LogP contribution in [0.3, 0.4) is 0 Å². The van der Waals surface area contributed by atoms with E-state index in [-0.39, 0.29) is 29.8 Å². The van der Waals surface area contributed by atoms with Crippen molar-refractivity contribution in [2.45, 2.75) is 83.5 Å². The molecule has 0 radical (unpaired) electrons. The highest BCUT2D eigenvalue weighted by molar-refractivity contribution is 6.05. The molecule has 1 saturated heterocycles. The van der Waals surface area contributed by atoms with E-state index in [0.29, 0.717) is 30.5 Å². The first-order chi connectivity index (χ1) is 16.8. The molecule has 8 nitrogen and oxygen atoms in total. The lowest BCUT2D eigenvalue weighted by atomic mass is 9.64. The number of imide groups is 1. The molecular formula is C27H34N4O4. The number of amides is 3. The Morgan fingerprint density at radius 3 is 2.74 bits per heavy atom. The summed E-state index contributed by atoms with van der Waals surface area (Å²) >= 11 is 0. The maximum atomic E-state index is 13.0. The van der Waals surface area contributed by atoms with Gasteiger partial charge in [-0.25, -0.2) is 0 Å². The van der Waals surface area contributed by atoms with E-state index in [9.17, 15) is 19.6 Å². The Hall–Kier alpha value is -2.92. The minimum atomic E-state index is -0.608. The number of benzene rings is 1. The van der Waals surface area contributed by atoms with E-state index in [1.165, 1.54) is 0 Å². The number of piperidine rings is 1. The minimum Gasteiger partial charge on any atom is -0.489 e. The SMILES string of the molecule is CCN(CC1CC(C)(C#N)C1)[C@H]1CCC[C@@H]1Oc1ccc2c(c1)CN(C1CCC(=O)NC1=O)C2=O. The van der Waals surface area contributed by atoms with E-state index in [0.717, 1.165) is 56.5 Å². The molecule has 2 aliphatic carbocycles. The van der Waals surface area contributed by atoms with Gasteiger partial charge in [0.15, 0.2) is 0 Å². The largest absolute Gasteiger partial charge is 0.489 e. The van der Waals surface area contributed by atoms with Crippen molar-refractivity contribution in [2.75, 3.05) is 13.1 Å². The van der Waals surface area contributed by atoms with Crippen LogP contribution in [-0.4, -0.2) is 58.8 Å². The van der Waals surface area contributed by atoms with Crippen molar-refractivity contribution in [1.82, 2.24) is 15.1 Å². The third-order valence-electron chi connectivity index (χ3n) is 8.32. The second-order valence-electron chi connectivity index (χ2n) is 10.9. The number of fused-ring (bicyclic) bond motifs is 1. The molecule has 3 atom stereocenters. The number of hydrogen-bond acceptors (Lipinski definition) is 6. The second-order valence-corrected chi connectivity index (χ2v) is 10.9. The third-order valence-corrected chi connectivity index (χ3v) is 8.32. The number of ether oxygens (including phenoxy) is 1. The number of likely N-dealkylation sites (N-methyl/N-ethyl adjacent to an activating group) is 1. The molecule has 1 aromatic carbocycles. The summed E-state index contributed by atoms with van der Waals surface area (Å²) in [6.07, 6.45) is 5.88. The van der Waals surface area contributed by atoms with Gasteiger partial charge in [0, 0.05) is 31.1 Å². The van der Waals surface area contributed by atoms with Crippen molar-refractivity contribution >= 4 is 17.7 Å². The average molecular weight is 479 g/mol. The van der Waals surface area contributed by atoms with Crippen LogP contribution in [0.25, 0.3) is 0 Å². The molecule has 4 aliphatic rings. The Morgan fingerprint density at radius 2 is 2.03 bits per heavy atom. The van der Waals surface area contributed by atoms with Crippen molar-refractivity contribution < 1.29 is 19.1 Å². The smallest absolute Gasteiger partial charge is 0.255 e. The number of carbonyl (C=O) groups excluding carboxylic acids is 3. The second kappa shape index (κ2) is 9.27. The van der Waals surface area contributed by atoms with Crippen molar-refractivity contribution in [2.24, 2.45) is 11.3 Å². The van der Waals surface area contributed by atoms with Gasteiger partial charge in [0.05, 0.1) is 11.5 Å².